The Kier molecular flexibility index (Phi) is 2.45. The predicted octanol–water partition coefficient (Wildman–Crippen LogP) is 0.803. The molecule has 1 aromatic heterocycles. The first-order valence-electron chi connectivity index (χ1n) is 3.38. The number of nitrogens with zero attached hydrogens (tertiary/aromatic N) is 1. The van der Waals surface area contributed by atoms with Crippen molar-refractivity contribution in [1.82, 2.24) is 4.98 Å². The highest BCUT2D eigenvalue weighted by Crippen LogP contribution is 2.26. The van der Waals surface area contributed by atoms with Gasteiger partial charge < -0.3 is 15.8 Å². The Morgan fingerprint density at radius 3 is 2.57 bits per heavy atom. The number of hydrogen-bond acceptors (Lipinski definition) is 4. The highest BCUT2D eigenvalue weighted by molar-refractivity contribution is 5.45. The van der Waals surface area contributed by atoms with Gasteiger partial charge in [0.1, 0.15) is 11.3 Å². The van der Waals surface area contributed by atoms with E-state index in [1.807, 2.05) is 0 Å². The van der Waals surface area contributed by atoms with Gasteiger partial charge >= 0.3 is 11.4 Å². The quantitative estimate of drug-likeness (QED) is 0.550. The van der Waals surface area contributed by atoms with Crippen molar-refractivity contribution in [3.05, 3.63) is 32.1 Å². The Balaban J connectivity index is 3.47. The van der Waals surface area contributed by atoms with Crippen molar-refractivity contribution in [2.24, 2.45) is 0 Å². The molecule has 0 aliphatic heterocycles. The van der Waals surface area contributed by atoms with Gasteiger partial charge in [-0.1, -0.05) is 0 Å². The van der Waals surface area contributed by atoms with Gasteiger partial charge in [0.2, 0.25) is 0 Å². The zero-order chi connectivity index (χ0) is 10.9. The minimum Gasteiger partial charge on any atom is -0.392 e. The Hall–Kier alpha value is -1.99. The van der Waals surface area contributed by atoms with E-state index in [4.69, 9.17) is 5.73 Å². The van der Waals surface area contributed by atoms with Crippen LogP contribution < -0.4 is 11.3 Å². The molecule has 1 rings (SSSR count). The van der Waals surface area contributed by atoms with Crippen molar-refractivity contribution in [2.75, 3.05) is 5.73 Å². The average Bonchev–Trinajstić information content (AvgIpc) is 2.08. The van der Waals surface area contributed by atoms with Crippen LogP contribution in [0.1, 0.15) is 12.0 Å². The largest absolute Gasteiger partial charge is 0.392 e. The summed E-state index contributed by atoms with van der Waals surface area (Å²) >= 11 is 0. The Bertz CT molecular complexity index is 429. The first-order chi connectivity index (χ1) is 6.43. The zero-order valence-electron chi connectivity index (χ0n) is 6.66. The number of nitro groups is 1. The number of H-pyrrole nitrogens is 1. The number of nitrogens with one attached hydrogen (secondary N) is 1. The van der Waals surface area contributed by atoms with Gasteiger partial charge in [0.15, 0.2) is 0 Å². The molecule has 0 saturated carbocycles. The summed E-state index contributed by atoms with van der Waals surface area (Å²) in [7, 11) is 0. The summed E-state index contributed by atoms with van der Waals surface area (Å²) in [6.07, 6.45) is -3.06. The smallest absolute Gasteiger partial charge is 0.354 e. The van der Waals surface area contributed by atoms with Crippen molar-refractivity contribution < 1.29 is 13.7 Å². The maximum absolute atomic E-state index is 12.2. The van der Waals surface area contributed by atoms with Crippen LogP contribution in [-0.2, 0) is 0 Å². The van der Waals surface area contributed by atoms with E-state index in [9.17, 15) is 23.7 Å². The molecule has 0 unspecified atom stereocenters. The molecule has 0 amide bonds. The van der Waals surface area contributed by atoms with Crippen LogP contribution in [0.5, 0.6) is 0 Å². The molecule has 14 heavy (non-hydrogen) atoms. The molecule has 76 valence electrons. The maximum Gasteiger partial charge on any atom is 0.354 e. The molecule has 0 saturated heterocycles. The minimum absolute atomic E-state index is 0.481. The third-order valence-electron chi connectivity index (χ3n) is 1.50. The molecule has 1 heterocycles. The molecule has 1 aromatic rings. The second kappa shape index (κ2) is 3.40. The van der Waals surface area contributed by atoms with Crippen molar-refractivity contribution in [3.8, 4) is 0 Å². The van der Waals surface area contributed by atoms with Crippen molar-refractivity contribution in [2.45, 2.75) is 6.43 Å². The van der Waals surface area contributed by atoms with E-state index in [0.717, 1.165) is 0 Å². The molecule has 3 N–H and O–H groups in total. The predicted molar refractivity (Wildman–Crippen MR) is 43.1 cm³/mol. The number of alkyl halides is 2. The van der Waals surface area contributed by atoms with Gasteiger partial charge in [-0.3, -0.25) is 0 Å². The van der Waals surface area contributed by atoms with E-state index in [1.54, 1.807) is 4.98 Å². The summed E-state index contributed by atoms with van der Waals surface area (Å²) in [6, 6.07) is 0.599. The van der Waals surface area contributed by atoms with Crippen LogP contribution in [0, 0.1) is 10.1 Å². The lowest BCUT2D eigenvalue weighted by molar-refractivity contribution is -0.391. The molecule has 0 aliphatic carbocycles. The van der Waals surface area contributed by atoms with E-state index in [0.29, 0.717) is 6.07 Å². The molecule has 0 bridgehead atoms. The fourth-order valence-electron chi connectivity index (χ4n) is 0.871. The molecule has 0 fully saturated rings. The lowest BCUT2D eigenvalue weighted by atomic mass is 10.2. The Morgan fingerprint density at radius 2 is 2.14 bits per heavy atom. The van der Waals surface area contributed by atoms with Gasteiger partial charge in [-0.15, -0.1) is 0 Å². The SMILES string of the molecule is Nc1cc(C(F)F)c([N+](=O)[O-])[nH]c1=O. The fraction of sp³-hybridized carbons (Fsp3) is 0.167. The zero-order valence-corrected chi connectivity index (χ0v) is 6.66. The monoisotopic (exact) mass is 205 g/mol. The van der Waals surface area contributed by atoms with E-state index < -0.39 is 34.0 Å². The first kappa shape index (κ1) is 10.1. The second-order valence-corrected chi connectivity index (χ2v) is 2.42. The summed E-state index contributed by atoms with van der Waals surface area (Å²) < 4.78 is 24.4. The summed E-state index contributed by atoms with van der Waals surface area (Å²) in [5.74, 6) is -1.03. The maximum atomic E-state index is 12.2. The molecule has 6 nitrogen and oxygen atoms in total. The number of aromatic nitrogens is 1. The van der Waals surface area contributed by atoms with Crippen LogP contribution in [0.4, 0.5) is 20.3 Å². The molecule has 0 aromatic carbocycles. The fourth-order valence-corrected chi connectivity index (χ4v) is 0.871. The number of halogens is 2. The molecular weight excluding hydrogens is 200 g/mol. The van der Waals surface area contributed by atoms with Crippen LogP contribution in [0.25, 0.3) is 0 Å². The van der Waals surface area contributed by atoms with Crippen LogP contribution >= 0.6 is 0 Å². The summed E-state index contributed by atoms with van der Waals surface area (Å²) in [5.41, 5.74) is 2.69. The van der Waals surface area contributed by atoms with Gasteiger partial charge in [-0.25, -0.2) is 18.6 Å². The summed E-state index contributed by atoms with van der Waals surface area (Å²) in [5, 5.41) is 10.3. The van der Waals surface area contributed by atoms with Crippen LogP contribution in [-0.4, -0.2) is 9.91 Å². The number of rotatable bonds is 2. The van der Waals surface area contributed by atoms with Gasteiger partial charge in [0, 0.05) is 0 Å². The molecular formula is C6H5F2N3O3. The highest BCUT2D eigenvalue weighted by Gasteiger charge is 2.22. The number of nitrogen functional groups attached to an aromatic ring is 1. The topological polar surface area (TPSA) is 102 Å². The third-order valence-corrected chi connectivity index (χ3v) is 1.50. The van der Waals surface area contributed by atoms with Crippen LogP contribution in [0.2, 0.25) is 0 Å². The number of hydrogen-bond donors (Lipinski definition) is 2. The summed E-state index contributed by atoms with van der Waals surface area (Å²) in [4.78, 5) is 21.6. The van der Waals surface area contributed by atoms with E-state index in [-0.39, 0.29) is 0 Å². The number of anilines is 1. The highest BCUT2D eigenvalue weighted by atomic mass is 19.3. The molecule has 0 spiro atoms. The summed E-state index contributed by atoms with van der Waals surface area (Å²) in [6.45, 7) is 0. The van der Waals surface area contributed by atoms with E-state index in [1.165, 1.54) is 0 Å². The minimum atomic E-state index is -3.06. The van der Waals surface area contributed by atoms with Crippen molar-refractivity contribution >= 4 is 11.5 Å². The molecule has 0 radical (unpaired) electrons. The van der Waals surface area contributed by atoms with Crippen molar-refractivity contribution in [1.29, 1.82) is 0 Å². The van der Waals surface area contributed by atoms with E-state index >= 15 is 0 Å². The molecule has 0 atom stereocenters. The van der Waals surface area contributed by atoms with Gasteiger partial charge in [-0.2, -0.15) is 0 Å². The van der Waals surface area contributed by atoms with E-state index in [2.05, 4.69) is 0 Å². The second-order valence-electron chi connectivity index (χ2n) is 2.42. The Labute approximate surface area is 75.5 Å². The lowest BCUT2D eigenvalue weighted by Crippen LogP contribution is -2.15. The third kappa shape index (κ3) is 1.68. The van der Waals surface area contributed by atoms with Gasteiger partial charge in [-0.05, 0) is 11.0 Å². The van der Waals surface area contributed by atoms with Crippen LogP contribution in [0.15, 0.2) is 10.9 Å². The number of pyridine rings is 1. The first-order valence-corrected chi connectivity index (χ1v) is 3.38. The molecule has 0 aliphatic rings. The van der Waals surface area contributed by atoms with Crippen molar-refractivity contribution in [3.63, 3.8) is 0 Å². The molecule has 8 heteroatoms. The van der Waals surface area contributed by atoms with Gasteiger partial charge in [0.25, 0.3) is 6.43 Å². The van der Waals surface area contributed by atoms with Crippen LogP contribution in [0.3, 0.4) is 0 Å². The lowest BCUT2D eigenvalue weighted by Gasteiger charge is -2.02. The number of nitrogens with two attached hydrogens (primary N) is 1. The average molecular weight is 205 g/mol. The Morgan fingerprint density at radius 1 is 1.57 bits per heavy atom. The number of aromatic amines is 1. The standard InChI is InChI=1S/C6H5F2N3O3/c7-4(8)2-1-3(9)6(12)10-5(2)11(13)14/h1,4H,9H2,(H,10,12). The normalized spacial score (nSPS) is 10.5. The van der Waals surface area contributed by atoms with Gasteiger partial charge in [0.05, 0.1) is 0 Å².